The predicted molar refractivity (Wildman–Crippen MR) is 87.5 cm³/mol. The maximum Gasteiger partial charge on any atom is 0.407 e. The number of carbonyl (C=O) groups is 1. The zero-order valence-electron chi connectivity index (χ0n) is 14.4. The highest BCUT2D eigenvalue weighted by molar-refractivity contribution is 5.67. The van der Waals surface area contributed by atoms with Gasteiger partial charge in [0.1, 0.15) is 23.5 Å². The Kier molecular flexibility index (Phi) is 7.01. The topological polar surface area (TPSA) is 112 Å². The molecular formula is C17H24N2O5. The smallest absolute Gasteiger partial charge is 0.407 e. The van der Waals surface area contributed by atoms with Crippen LogP contribution in [0.3, 0.4) is 0 Å². The minimum absolute atomic E-state index is 0.0997. The quantitative estimate of drug-likeness (QED) is 0.731. The lowest BCUT2D eigenvalue weighted by Gasteiger charge is -2.22. The summed E-state index contributed by atoms with van der Waals surface area (Å²) in [6, 6.07) is 6.75. The van der Waals surface area contributed by atoms with Crippen LogP contribution in [0.4, 0.5) is 4.79 Å². The second kappa shape index (κ2) is 8.52. The van der Waals surface area contributed by atoms with E-state index in [0.717, 1.165) is 0 Å². The molecule has 0 fully saturated rings. The van der Waals surface area contributed by atoms with E-state index in [1.165, 1.54) is 7.11 Å². The van der Waals surface area contributed by atoms with Crippen LogP contribution in [-0.2, 0) is 4.74 Å². The first-order valence-electron chi connectivity index (χ1n) is 7.59. The summed E-state index contributed by atoms with van der Waals surface area (Å²) in [6.07, 6.45) is -2.92. The van der Waals surface area contributed by atoms with E-state index in [-0.39, 0.29) is 24.1 Å². The number of aliphatic hydroxyl groups excluding tert-OH is 2. The van der Waals surface area contributed by atoms with Gasteiger partial charge in [0.25, 0.3) is 0 Å². The number of ether oxygens (including phenoxy) is 2. The number of nitriles is 1. The Labute approximate surface area is 141 Å². The molecule has 0 saturated heterocycles. The Morgan fingerprint density at radius 2 is 2.04 bits per heavy atom. The van der Waals surface area contributed by atoms with Crippen molar-refractivity contribution in [3.63, 3.8) is 0 Å². The Balaban J connectivity index is 2.65. The van der Waals surface area contributed by atoms with Gasteiger partial charge in [-0.1, -0.05) is 12.1 Å². The SMILES string of the molecule is COc1cccc(C(O)C(O)CCNC(=O)OC(C)(C)C)c1C#N. The Morgan fingerprint density at radius 1 is 1.38 bits per heavy atom. The minimum Gasteiger partial charge on any atom is -0.495 e. The third kappa shape index (κ3) is 5.72. The monoisotopic (exact) mass is 336 g/mol. The Morgan fingerprint density at radius 3 is 2.58 bits per heavy atom. The molecule has 0 aliphatic heterocycles. The molecule has 0 aromatic heterocycles. The first-order valence-corrected chi connectivity index (χ1v) is 7.59. The van der Waals surface area contributed by atoms with Crippen molar-refractivity contribution in [3.8, 4) is 11.8 Å². The van der Waals surface area contributed by atoms with Gasteiger partial charge in [-0.3, -0.25) is 0 Å². The number of aliphatic hydroxyl groups is 2. The van der Waals surface area contributed by atoms with Gasteiger partial charge in [0.05, 0.1) is 18.8 Å². The van der Waals surface area contributed by atoms with Crippen molar-refractivity contribution < 1.29 is 24.5 Å². The minimum atomic E-state index is -1.27. The molecule has 0 bridgehead atoms. The molecule has 0 heterocycles. The van der Waals surface area contributed by atoms with Crippen LogP contribution in [-0.4, -0.2) is 41.7 Å². The molecule has 24 heavy (non-hydrogen) atoms. The Hall–Kier alpha value is -2.30. The number of hydrogen-bond donors (Lipinski definition) is 3. The summed E-state index contributed by atoms with van der Waals surface area (Å²) in [5, 5.41) is 32.1. The van der Waals surface area contributed by atoms with Crippen LogP contribution in [0.1, 0.15) is 44.4 Å². The van der Waals surface area contributed by atoms with Gasteiger partial charge in [0.15, 0.2) is 0 Å². The fourth-order valence-electron chi connectivity index (χ4n) is 2.09. The fourth-order valence-corrected chi connectivity index (χ4v) is 2.09. The first kappa shape index (κ1) is 19.7. The molecule has 0 saturated carbocycles. The summed E-state index contributed by atoms with van der Waals surface area (Å²) in [5.41, 5.74) is -0.155. The fraction of sp³-hybridized carbons (Fsp3) is 0.529. The maximum atomic E-state index is 11.5. The number of amides is 1. The molecule has 0 radical (unpaired) electrons. The van der Waals surface area contributed by atoms with Crippen LogP contribution >= 0.6 is 0 Å². The number of alkyl carbamates (subject to hydrolysis) is 1. The lowest BCUT2D eigenvalue weighted by Crippen LogP contribution is -2.34. The predicted octanol–water partition coefficient (Wildman–Crippen LogP) is 1.88. The molecule has 3 N–H and O–H groups in total. The van der Waals surface area contributed by atoms with Gasteiger partial charge in [-0.15, -0.1) is 0 Å². The van der Waals surface area contributed by atoms with Crippen molar-refractivity contribution in [2.45, 2.75) is 45.0 Å². The van der Waals surface area contributed by atoms with E-state index in [2.05, 4.69) is 5.32 Å². The number of nitrogens with one attached hydrogen (secondary N) is 1. The molecule has 2 atom stereocenters. The summed E-state index contributed by atoms with van der Waals surface area (Å²) >= 11 is 0. The largest absolute Gasteiger partial charge is 0.495 e. The molecule has 132 valence electrons. The number of rotatable bonds is 6. The third-order valence-corrected chi connectivity index (χ3v) is 3.18. The van der Waals surface area contributed by atoms with Crippen LogP contribution < -0.4 is 10.1 Å². The average Bonchev–Trinajstić information content (AvgIpc) is 2.51. The van der Waals surface area contributed by atoms with E-state index in [9.17, 15) is 20.3 Å². The van der Waals surface area contributed by atoms with Crippen LogP contribution in [0.5, 0.6) is 5.75 Å². The third-order valence-electron chi connectivity index (χ3n) is 3.18. The van der Waals surface area contributed by atoms with Crippen molar-refractivity contribution in [1.29, 1.82) is 5.26 Å². The number of benzene rings is 1. The van der Waals surface area contributed by atoms with Crippen molar-refractivity contribution in [1.82, 2.24) is 5.32 Å². The van der Waals surface area contributed by atoms with E-state index in [1.807, 2.05) is 6.07 Å². The maximum absolute atomic E-state index is 11.5. The molecule has 0 aliphatic rings. The van der Waals surface area contributed by atoms with Gasteiger partial charge in [-0.2, -0.15) is 5.26 Å². The molecule has 7 nitrogen and oxygen atoms in total. The highest BCUT2D eigenvalue weighted by atomic mass is 16.6. The first-order chi connectivity index (χ1) is 11.2. The van der Waals surface area contributed by atoms with Gasteiger partial charge in [0, 0.05) is 12.1 Å². The van der Waals surface area contributed by atoms with Crippen LogP contribution in [0, 0.1) is 11.3 Å². The van der Waals surface area contributed by atoms with Crippen LogP contribution in [0.2, 0.25) is 0 Å². The molecule has 1 rings (SSSR count). The van der Waals surface area contributed by atoms with Gasteiger partial charge in [0.2, 0.25) is 0 Å². The summed E-state index contributed by atoms with van der Waals surface area (Å²) in [6.45, 7) is 5.37. The second-order valence-corrected chi connectivity index (χ2v) is 6.27. The van der Waals surface area contributed by atoms with Crippen molar-refractivity contribution >= 4 is 6.09 Å². The van der Waals surface area contributed by atoms with E-state index in [1.54, 1.807) is 39.0 Å². The summed E-state index contributed by atoms with van der Waals surface area (Å²) in [7, 11) is 1.42. The zero-order chi connectivity index (χ0) is 18.3. The zero-order valence-corrected chi connectivity index (χ0v) is 14.4. The second-order valence-electron chi connectivity index (χ2n) is 6.27. The molecule has 0 aliphatic carbocycles. The molecular weight excluding hydrogens is 312 g/mol. The number of hydrogen-bond acceptors (Lipinski definition) is 6. The number of methoxy groups -OCH3 is 1. The summed E-state index contributed by atoms with van der Waals surface area (Å²) < 4.78 is 10.2. The standard InChI is InChI=1S/C17H24N2O5/c1-17(2,3)24-16(22)19-9-8-13(20)15(21)11-6-5-7-14(23-4)12(11)10-18/h5-7,13,15,20-21H,8-9H2,1-4H3,(H,19,22). The average molecular weight is 336 g/mol. The van der Waals surface area contributed by atoms with Crippen molar-refractivity contribution in [3.05, 3.63) is 29.3 Å². The highest BCUT2D eigenvalue weighted by Gasteiger charge is 2.23. The normalized spacial score (nSPS) is 13.5. The van der Waals surface area contributed by atoms with E-state index in [4.69, 9.17) is 9.47 Å². The highest BCUT2D eigenvalue weighted by Crippen LogP contribution is 2.28. The molecule has 2 unspecified atom stereocenters. The molecule has 1 aromatic rings. The molecule has 1 amide bonds. The van der Waals surface area contributed by atoms with E-state index < -0.39 is 23.9 Å². The molecule has 0 spiro atoms. The lowest BCUT2D eigenvalue weighted by molar-refractivity contribution is 0.0120. The van der Waals surface area contributed by atoms with E-state index in [0.29, 0.717) is 5.75 Å². The Bertz CT molecular complexity index is 604. The van der Waals surface area contributed by atoms with Gasteiger partial charge in [-0.05, 0) is 33.3 Å². The van der Waals surface area contributed by atoms with Gasteiger partial charge in [-0.25, -0.2) is 4.79 Å². The molecule has 7 heteroatoms. The van der Waals surface area contributed by atoms with Crippen LogP contribution in [0.15, 0.2) is 18.2 Å². The van der Waals surface area contributed by atoms with Gasteiger partial charge >= 0.3 is 6.09 Å². The number of nitrogens with zero attached hydrogens (tertiary/aromatic N) is 1. The van der Waals surface area contributed by atoms with E-state index >= 15 is 0 Å². The summed E-state index contributed by atoms with van der Waals surface area (Å²) in [5.74, 6) is 0.327. The summed E-state index contributed by atoms with van der Waals surface area (Å²) in [4.78, 5) is 11.5. The van der Waals surface area contributed by atoms with Gasteiger partial charge < -0.3 is 25.0 Å². The number of carbonyl (C=O) groups excluding carboxylic acids is 1. The van der Waals surface area contributed by atoms with Crippen LogP contribution in [0.25, 0.3) is 0 Å². The van der Waals surface area contributed by atoms with Crippen molar-refractivity contribution in [2.24, 2.45) is 0 Å². The molecule has 1 aromatic carbocycles. The van der Waals surface area contributed by atoms with Crippen molar-refractivity contribution in [2.75, 3.05) is 13.7 Å². The lowest BCUT2D eigenvalue weighted by atomic mass is 9.97.